The Morgan fingerprint density at radius 3 is 2.81 bits per heavy atom. The van der Waals surface area contributed by atoms with Crippen molar-refractivity contribution in [1.82, 2.24) is 10.3 Å². The van der Waals surface area contributed by atoms with Crippen LogP contribution in [0, 0.1) is 6.92 Å². The Balaban J connectivity index is 2.07. The van der Waals surface area contributed by atoms with Crippen LogP contribution >= 0.6 is 11.3 Å². The number of aliphatic hydroxyl groups excluding tert-OH is 1. The molecule has 0 aliphatic heterocycles. The zero-order valence-electron chi connectivity index (χ0n) is 9.06. The molecule has 0 saturated heterocycles. The van der Waals surface area contributed by atoms with Crippen molar-refractivity contribution in [2.45, 2.75) is 25.3 Å². The van der Waals surface area contributed by atoms with Crippen molar-refractivity contribution in [3.63, 3.8) is 0 Å². The van der Waals surface area contributed by atoms with Crippen LogP contribution in [0.4, 0.5) is 0 Å². The number of rotatable bonds is 3. The van der Waals surface area contributed by atoms with E-state index >= 15 is 0 Å². The minimum absolute atomic E-state index is 0.0468. The largest absolute Gasteiger partial charge is 0.394 e. The number of nitrogens with one attached hydrogen (secondary N) is 1. The maximum absolute atomic E-state index is 11.9. The maximum atomic E-state index is 11.9. The number of aliphatic hydroxyl groups is 1. The minimum atomic E-state index is -0.519. The number of aryl methyl sites for hydroxylation is 1. The highest BCUT2D eigenvalue weighted by Gasteiger charge is 2.32. The summed E-state index contributed by atoms with van der Waals surface area (Å²) in [5, 5.41) is 14.8. The average molecular weight is 238 g/mol. The molecule has 1 amide bonds. The molecule has 0 spiro atoms. The van der Waals surface area contributed by atoms with Crippen LogP contribution in [0.5, 0.6) is 0 Å². The lowest BCUT2D eigenvalue weighted by Crippen LogP contribution is -2.49. The molecule has 0 unspecified atom stereocenters. The van der Waals surface area contributed by atoms with E-state index < -0.39 is 5.54 Å². The lowest BCUT2D eigenvalue weighted by molar-refractivity contribution is 0.0841. The highest BCUT2D eigenvalue weighted by atomic mass is 32.1. The smallest absolute Gasteiger partial charge is 0.271 e. The predicted molar refractivity (Wildman–Crippen MR) is 62.5 cm³/mol. The van der Waals surface area contributed by atoms with Gasteiger partial charge in [-0.2, -0.15) is 0 Å². The van der Waals surface area contributed by atoms with Gasteiger partial charge in [0.2, 0.25) is 0 Å². The van der Waals surface area contributed by atoms with E-state index in [4.69, 9.17) is 0 Å². The second kappa shape index (κ2) is 4.35. The maximum Gasteiger partial charge on any atom is 0.271 e. The first-order valence-electron chi connectivity index (χ1n) is 5.16. The Labute approximate surface area is 98.0 Å². The van der Waals surface area contributed by atoms with E-state index in [0.717, 1.165) is 5.01 Å². The van der Waals surface area contributed by atoms with Gasteiger partial charge in [0.05, 0.1) is 17.2 Å². The molecule has 1 aromatic heterocycles. The molecule has 16 heavy (non-hydrogen) atoms. The van der Waals surface area contributed by atoms with Gasteiger partial charge in [-0.15, -0.1) is 11.3 Å². The predicted octanol–water partition coefficient (Wildman–Crippen LogP) is 1.26. The normalized spacial score (nSPS) is 17.6. The first-order chi connectivity index (χ1) is 7.65. The number of hydrogen-bond acceptors (Lipinski definition) is 4. The van der Waals surface area contributed by atoms with Crippen LogP contribution in [-0.2, 0) is 0 Å². The van der Waals surface area contributed by atoms with Gasteiger partial charge in [0, 0.05) is 5.38 Å². The van der Waals surface area contributed by atoms with Gasteiger partial charge >= 0.3 is 0 Å². The molecule has 0 atom stereocenters. The highest BCUT2D eigenvalue weighted by Crippen LogP contribution is 2.23. The van der Waals surface area contributed by atoms with Gasteiger partial charge in [-0.1, -0.05) is 12.2 Å². The quantitative estimate of drug-likeness (QED) is 0.779. The van der Waals surface area contributed by atoms with Crippen LogP contribution in [0.2, 0.25) is 0 Å². The molecule has 2 rings (SSSR count). The fourth-order valence-electron chi connectivity index (χ4n) is 1.74. The van der Waals surface area contributed by atoms with Crippen molar-refractivity contribution < 1.29 is 9.90 Å². The summed E-state index contributed by atoms with van der Waals surface area (Å²) in [7, 11) is 0. The molecular formula is C11H14N2O2S. The fraction of sp³-hybridized carbons (Fsp3) is 0.455. The summed E-state index contributed by atoms with van der Waals surface area (Å²) in [6, 6.07) is 0. The van der Waals surface area contributed by atoms with E-state index in [-0.39, 0.29) is 12.5 Å². The monoisotopic (exact) mass is 238 g/mol. The van der Waals surface area contributed by atoms with Crippen LogP contribution in [0.15, 0.2) is 17.5 Å². The van der Waals surface area contributed by atoms with Gasteiger partial charge in [-0.3, -0.25) is 4.79 Å². The van der Waals surface area contributed by atoms with E-state index in [1.54, 1.807) is 5.38 Å². The minimum Gasteiger partial charge on any atom is -0.394 e. The van der Waals surface area contributed by atoms with E-state index in [9.17, 15) is 9.90 Å². The number of carbonyl (C=O) groups excluding carboxylic acids is 1. The Kier molecular flexibility index (Phi) is 3.07. The van der Waals surface area contributed by atoms with Crippen LogP contribution in [0.1, 0.15) is 28.3 Å². The van der Waals surface area contributed by atoms with Crippen LogP contribution in [-0.4, -0.2) is 28.1 Å². The van der Waals surface area contributed by atoms with E-state index in [1.165, 1.54) is 11.3 Å². The molecule has 1 heterocycles. The van der Waals surface area contributed by atoms with Gasteiger partial charge in [0.15, 0.2) is 0 Å². The average Bonchev–Trinajstić information content (AvgIpc) is 2.88. The van der Waals surface area contributed by atoms with Crippen molar-refractivity contribution in [2.75, 3.05) is 6.61 Å². The molecule has 0 bridgehead atoms. The van der Waals surface area contributed by atoms with Gasteiger partial charge in [-0.05, 0) is 19.8 Å². The molecule has 0 fully saturated rings. The molecule has 2 N–H and O–H groups in total. The zero-order chi connectivity index (χ0) is 11.6. The van der Waals surface area contributed by atoms with Crippen molar-refractivity contribution in [3.05, 3.63) is 28.2 Å². The van der Waals surface area contributed by atoms with Gasteiger partial charge < -0.3 is 10.4 Å². The summed E-state index contributed by atoms with van der Waals surface area (Å²) in [5.41, 5.74) is -0.0866. The van der Waals surface area contributed by atoms with Gasteiger partial charge in [-0.25, -0.2) is 4.98 Å². The molecule has 5 heteroatoms. The summed E-state index contributed by atoms with van der Waals surface area (Å²) in [6.45, 7) is 1.81. The first-order valence-corrected chi connectivity index (χ1v) is 6.04. The summed E-state index contributed by atoms with van der Waals surface area (Å²) in [5.74, 6) is -0.206. The summed E-state index contributed by atoms with van der Waals surface area (Å²) in [6.07, 6.45) is 5.31. The molecule has 86 valence electrons. The van der Waals surface area contributed by atoms with Crippen LogP contribution in [0.25, 0.3) is 0 Å². The summed E-state index contributed by atoms with van der Waals surface area (Å²) in [4.78, 5) is 16.0. The zero-order valence-corrected chi connectivity index (χ0v) is 9.88. The van der Waals surface area contributed by atoms with Gasteiger partial charge in [0.25, 0.3) is 5.91 Å². The van der Waals surface area contributed by atoms with E-state index in [2.05, 4.69) is 10.3 Å². The number of nitrogens with zero attached hydrogens (tertiary/aromatic N) is 1. The van der Waals surface area contributed by atoms with E-state index in [1.807, 2.05) is 19.1 Å². The van der Waals surface area contributed by atoms with Crippen molar-refractivity contribution >= 4 is 17.2 Å². The van der Waals surface area contributed by atoms with Crippen LogP contribution in [0.3, 0.4) is 0 Å². The molecule has 1 aliphatic rings. The van der Waals surface area contributed by atoms with Crippen molar-refractivity contribution in [3.8, 4) is 0 Å². The Hall–Kier alpha value is -1.20. The number of thiazole rings is 1. The fourth-order valence-corrected chi connectivity index (χ4v) is 2.34. The lowest BCUT2D eigenvalue weighted by atomic mass is 9.98. The third-order valence-electron chi connectivity index (χ3n) is 2.72. The second-order valence-electron chi connectivity index (χ2n) is 4.02. The van der Waals surface area contributed by atoms with Crippen molar-refractivity contribution in [2.24, 2.45) is 0 Å². The molecular weight excluding hydrogens is 224 g/mol. The Morgan fingerprint density at radius 2 is 2.31 bits per heavy atom. The number of carbonyl (C=O) groups is 1. The summed E-state index contributed by atoms with van der Waals surface area (Å²) >= 11 is 1.45. The van der Waals surface area contributed by atoms with Crippen LogP contribution < -0.4 is 5.32 Å². The molecule has 0 aromatic carbocycles. The molecule has 0 saturated carbocycles. The molecule has 0 radical (unpaired) electrons. The third kappa shape index (κ3) is 2.15. The lowest BCUT2D eigenvalue weighted by Gasteiger charge is -2.27. The molecule has 1 aromatic rings. The standard InChI is InChI=1S/C11H14N2O2S/c1-8-12-9(6-16-8)10(15)13-11(7-14)4-2-3-5-11/h2-3,6,14H,4-5,7H2,1H3,(H,13,15). The third-order valence-corrected chi connectivity index (χ3v) is 3.49. The number of aromatic nitrogens is 1. The SMILES string of the molecule is Cc1nc(C(=O)NC2(CO)CC=CC2)cs1. The topological polar surface area (TPSA) is 62.2 Å². The first kappa shape index (κ1) is 11.3. The number of amides is 1. The Morgan fingerprint density at radius 1 is 1.62 bits per heavy atom. The van der Waals surface area contributed by atoms with Gasteiger partial charge in [0.1, 0.15) is 5.69 Å². The number of hydrogen-bond donors (Lipinski definition) is 2. The highest BCUT2D eigenvalue weighted by molar-refractivity contribution is 7.09. The molecule has 4 nitrogen and oxygen atoms in total. The molecule has 1 aliphatic carbocycles. The van der Waals surface area contributed by atoms with Crippen molar-refractivity contribution in [1.29, 1.82) is 0 Å². The second-order valence-corrected chi connectivity index (χ2v) is 5.09. The Bertz CT molecular complexity index is 417. The summed E-state index contributed by atoms with van der Waals surface area (Å²) < 4.78 is 0. The van der Waals surface area contributed by atoms with E-state index in [0.29, 0.717) is 18.5 Å².